The minimum atomic E-state index is -0.623. The summed E-state index contributed by atoms with van der Waals surface area (Å²) in [5.74, 6) is -0.350. The summed E-state index contributed by atoms with van der Waals surface area (Å²) in [6.07, 6.45) is 4.42. The van der Waals surface area contributed by atoms with Gasteiger partial charge in [-0.2, -0.15) is 0 Å². The fourth-order valence-corrected chi connectivity index (χ4v) is 1.32. The molecular weight excluding hydrogens is 304 g/mol. The van der Waals surface area contributed by atoms with Crippen molar-refractivity contribution in [3.63, 3.8) is 0 Å². The van der Waals surface area contributed by atoms with Crippen molar-refractivity contribution in [1.82, 2.24) is 4.57 Å². The molecule has 0 amide bonds. The van der Waals surface area contributed by atoms with Crippen molar-refractivity contribution in [2.45, 2.75) is 33.0 Å². The summed E-state index contributed by atoms with van der Waals surface area (Å²) in [6, 6.07) is 0. The lowest BCUT2D eigenvalue weighted by Gasteiger charge is -2.17. The standard InChI is InChI=1S/C11H19N2O4.BrH/c1-9(15-4)16-10(2)17-11(14)7-13-6-5-12(3)8-13;/h5-6,8-10H,7H2,1-4H3;1H/q+1;/p-1. The lowest BCUT2D eigenvalue weighted by atomic mass is 10.6. The van der Waals surface area contributed by atoms with E-state index in [0.717, 1.165) is 0 Å². The SMILES string of the molecule is COC(C)OC(C)OC(=O)Cn1cc[n+](C)c1.[Br-]. The van der Waals surface area contributed by atoms with Crippen LogP contribution in [0, 0.1) is 0 Å². The Kier molecular flexibility index (Phi) is 7.81. The molecule has 2 unspecified atom stereocenters. The second kappa shape index (κ2) is 8.23. The maximum absolute atomic E-state index is 11.5. The molecule has 6 nitrogen and oxygen atoms in total. The van der Waals surface area contributed by atoms with Gasteiger partial charge in [-0.25, -0.2) is 13.9 Å². The van der Waals surface area contributed by atoms with Crippen LogP contribution in [0.4, 0.5) is 0 Å². The lowest BCUT2D eigenvalue weighted by Crippen LogP contribution is -3.00. The Bertz CT molecular complexity index is 370. The van der Waals surface area contributed by atoms with Gasteiger partial charge >= 0.3 is 5.97 Å². The largest absolute Gasteiger partial charge is 1.00 e. The van der Waals surface area contributed by atoms with Crippen molar-refractivity contribution in [1.29, 1.82) is 0 Å². The first-order valence-electron chi connectivity index (χ1n) is 5.40. The van der Waals surface area contributed by atoms with Gasteiger partial charge in [-0.3, -0.25) is 0 Å². The number of hydrogen-bond donors (Lipinski definition) is 0. The van der Waals surface area contributed by atoms with Gasteiger partial charge in [0.1, 0.15) is 12.4 Å². The number of hydrogen-bond acceptors (Lipinski definition) is 4. The average molecular weight is 323 g/mol. The number of aromatic nitrogens is 2. The molecule has 0 aliphatic rings. The highest BCUT2D eigenvalue weighted by Gasteiger charge is 2.15. The van der Waals surface area contributed by atoms with Crippen molar-refractivity contribution in [2.75, 3.05) is 7.11 Å². The minimum absolute atomic E-state index is 0. The Balaban J connectivity index is 0.00000289. The Morgan fingerprint density at radius 1 is 1.39 bits per heavy atom. The maximum Gasteiger partial charge on any atom is 0.350 e. The fourth-order valence-electron chi connectivity index (χ4n) is 1.32. The predicted molar refractivity (Wildman–Crippen MR) is 58.7 cm³/mol. The molecule has 1 aromatic rings. The molecule has 18 heavy (non-hydrogen) atoms. The van der Waals surface area contributed by atoms with Crippen LogP contribution >= 0.6 is 0 Å². The van der Waals surface area contributed by atoms with Crippen LogP contribution in [0.15, 0.2) is 18.7 Å². The van der Waals surface area contributed by atoms with Crippen molar-refractivity contribution in [2.24, 2.45) is 7.05 Å². The van der Waals surface area contributed by atoms with Crippen LogP contribution in [-0.4, -0.2) is 30.2 Å². The highest BCUT2D eigenvalue weighted by molar-refractivity contribution is 5.69. The summed E-state index contributed by atoms with van der Waals surface area (Å²) in [6.45, 7) is 3.55. The second-order valence-electron chi connectivity index (χ2n) is 3.75. The van der Waals surface area contributed by atoms with E-state index in [1.54, 1.807) is 30.9 Å². The summed E-state index contributed by atoms with van der Waals surface area (Å²) in [5, 5.41) is 0. The van der Waals surface area contributed by atoms with Crippen molar-refractivity contribution >= 4 is 5.97 Å². The van der Waals surface area contributed by atoms with Gasteiger partial charge in [-0.15, -0.1) is 0 Å². The summed E-state index contributed by atoms with van der Waals surface area (Å²) < 4.78 is 18.8. The van der Waals surface area contributed by atoms with Crippen LogP contribution in [0.3, 0.4) is 0 Å². The number of halogens is 1. The molecule has 0 saturated heterocycles. The van der Waals surface area contributed by atoms with Crippen LogP contribution in [0.1, 0.15) is 13.8 Å². The Labute approximate surface area is 117 Å². The highest BCUT2D eigenvalue weighted by atomic mass is 79.9. The Hall–Kier alpha value is -0.920. The molecule has 0 fully saturated rings. The van der Waals surface area contributed by atoms with E-state index in [2.05, 4.69) is 0 Å². The van der Waals surface area contributed by atoms with Crippen molar-refractivity contribution in [3.8, 4) is 0 Å². The summed E-state index contributed by atoms with van der Waals surface area (Å²) in [5.41, 5.74) is 0. The van der Waals surface area contributed by atoms with E-state index >= 15 is 0 Å². The third-order valence-electron chi connectivity index (χ3n) is 2.15. The molecule has 2 atom stereocenters. The van der Waals surface area contributed by atoms with Gasteiger partial charge in [-0.1, -0.05) is 0 Å². The first kappa shape index (κ1) is 17.1. The number of rotatable bonds is 6. The molecule has 0 N–H and O–H groups in total. The topological polar surface area (TPSA) is 53.6 Å². The summed E-state index contributed by atoms with van der Waals surface area (Å²) in [4.78, 5) is 11.5. The van der Waals surface area contributed by atoms with E-state index < -0.39 is 12.6 Å². The molecule has 0 radical (unpaired) electrons. The number of imidazole rings is 1. The van der Waals surface area contributed by atoms with E-state index in [4.69, 9.17) is 14.2 Å². The van der Waals surface area contributed by atoms with Crippen LogP contribution < -0.4 is 21.5 Å². The van der Waals surface area contributed by atoms with Crippen molar-refractivity contribution < 1.29 is 40.6 Å². The zero-order chi connectivity index (χ0) is 12.8. The van der Waals surface area contributed by atoms with E-state index in [1.807, 2.05) is 17.8 Å². The molecule has 0 saturated carbocycles. The number of methoxy groups -OCH3 is 1. The van der Waals surface area contributed by atoms with Gasteiger partial charge in [-0.05, 0) is 13.8 Å². The monoisotopic (exact) mass is 322 g/mol. The third-order valence-corrected chi connectivity index (χ3v) is 2.15. The van der Waals surface area contributed by atoms with Crippen LogP contribution in [0.25, 0.3) is 0 Å². The van der Waals surface area contributed by atoms with E-state index in [1.165, 1.54) is 7.11 Å². The number of aryl methyl sites for hydroxylation is 1. The zero-order valence-electron chi connectivity index (χ0n) is 11.0. The number of ether oxygens (including phenoxy) is 3. The smallest absolute Gasteiger partial charge is 0.350 e. The summed E-state index contributed by atoms with van der Waals surface area (Å²) in [7, 11) is 3.41. The Morgan fingerprint density at radius 2 is 2.06 bits per heavy atom. The molecule has 0 aliphatic heterocycles. The molecule has 0 aliphatic carbocycles. The molecule has 0 aromatic carbocycles. The average Bonchev–Trinajstić information content (AvgIpc) is 2.63. The van der Waals surface area contributed by atoms with Gasteiger partial charge in [0.25, 0.3) is 0 Å². The van der Waals surface area contributed by atoms with E-state index in [-0.39, 0.29) is 29.5 Å². The summed E-state index contributed by atoms with van der Waals surface area (Å²) >= 11 is 0. The molecule has 1 aromatic heterocycles. The first-order valence-corrected chi connectivity index (χ1v) is 5.40. The predicted octanol–water partition coefficient (Wildman–Crippen LogP) is -2.79. The number of carbonyl (C=O) groups is 1. The number of nitrogens with zero attached hydrogens (tertiary/aromatic N) is 2. The number of carbonyl (C=O) groups excluding carboxylic acids is 1. The van der Waals surface area contributed by atoms with E-state index in [9.17, 15) is 4.79 Å². The van der Waals surface area contributed by atoms with E-state index in [0.29, 0.717) is 0 Å². The van der Waals surface area contributed by atoms with Crippen molar-refractivity contribution in [3.05, 3.63) is 18.7 Å². The molecular formula is C11H19BrN2O4. The Morgan fingerprint density at radius 3 is 2.56 bits per heavy atom. The first-order chi connectivity index (χ1) is 8.01. The van der Waals surface area contributed by atoms with Gasteiger partial charge in [0.05, 0.1) is 7.05 Å². The van der Waals surface area contributed by atoms with Crippen LogP contribution in [0.2, 0.25) is 0 Å². The molecule has 1 rings (SSSR count). The van der Waals surface area contributed by atoms with Gasteiger partial charge in [0, 0.05) is 7.11 Å². The van der Waals surface area contributed by atoms with Crippen LogP contribution in [-0.2, 0) is 32.6 Å². The molecule has 7 heteroatoms. The number of esters is 1. The van der Waals surface area contributed by atoms with Gasteiger partial charge < -0.3 is 31.2 Å². The van der Waals surface area contributed by atoms with Crippen LogP contribution in [0.5, 0.6) is 0 Å². The minimum Gasteiger partial charge on any atom is -1.00 e. The lowest BCUT2D eigenvalue weighted by molar-refractivity contribution is -0.671. The highest BCUT2D eigenvalue weighted by Crippen LogP contribution is 2.01. The van der Waals surface area contributed by atoms with Gasteiger partial charge in [0.2, 0.25) is 12.6 Å². The second-order valence-corrected chi connectivity index (χ2v) is 3.75. The van der Waals surface area contributed by atoms with Gasteiger partial charge in [0.15, 0.2) is 12.8 Å². The molecule has 0 spiro atoms. The molecule has 1 heterocycles. The fraction of sp³-hybridized carbons (Fsp3) is 0.636. The molecule has 104 valence electrons. The quantitative estimate of drug-likeness (QED) is 0.323. The molecule has 0 bridgehead atoms. The normalized spacial score (nSPS) is 13.6. The third kappa shape index (κ3) is 6.13. The zero-order valence-corrected chi connectivity index (χ0v) is 12.6. The maximum atomic E-state index is 11.5.